The van der Waals surface area contributed by atoms with Crippen molar-refractivity contribution in [3.63, 3.8) is 0 Å². The number of hydrogen-bond donors (Lipinski definition) is 3. The van der Waals surface area contributed by atoms with Gasteiger partial charge < -0.3 is 29.4 Å². The number of allylic oxidation sites excluding steroid dienone is 1. The minimum absolute atomic E-state index is 0.0191. The Morgan fingerprint density at radius 1 is 0.950 bits per heavy atom. The molecule has 60 heavy (non-hydrogen) atoms. The summed E-state index contributed by atoms with van der Waals surface area (Å²) in [6.45, 7) is -0.0787. The van der Waals surface area contributed by atoms with Gasteiger partial charge >= 0.3 is 6.09 Å². The quantitative estimate of drug-likeness (QED) is 0.173. The molecule has 4 aromatic rings. The van der Waals surface area contributed by atoms with Crippen molar-refractivity contribution in [1.29, 1.82) is 0 Å². The summed E-state index contributed by atoms with van der Waals surface area (Å²) in [4.78, 5) is 62.7. The lowest BCUT2D eigenvalue weighted by atomic mass is 10.0. The van der Waals surface area contributed by atoms with E-state index in [1.54, 1.807) is 6.07 Å². The average Bonchev–Trinajstić information content (AvgIpc) is 4.05. The lowest BCUT2D eigenvalue weighted by Gasteiger charge is -2.30. The van der Waals surface area contributed by atoms with Crippen molar-refractivity contribution in [2.24, 2.45) is 5.92 Å². The van der Waals surface area contributed by atoms with Gasteiger partial charge in [-0.1, -0.05) is 55.3 Å². The molecule has 5 aliphatic rings. The summed E-state index contributed by atoms with van der Waals surface area (Å²) >= 11 is 0. The molecule has 0 unspecified atom stereocenters. The molecule has 2 aliphatic heterocycles. The Kier molecular flexibility index (Phi) is 10.8. The van der Waals surface area contributed by atoms with Gasteiger partial charge in [-0.05, 0) is 82.4 Å². The molecular formula is C44H48FN5O9S. The first-order valence-electron chi connectivity index (χ1n) is 21.0. The smallest absolute Gasteiger partial charge is 0.408 e. The molecule has 9 rings (SSSR count). The predicted molar refractivity (Wildman–Crippen MR) is 218 cm³/mol. The Hall–Kier alpha value is -5.51. The van der Waals surface area contributed by atoms with Crippen molar-refractivity contribution in [2.45, 2.75) is 119 Å². The molecular weight excluding hydrogens is 794 g/mol. The summed E-state index contributed by atoms with van der Waals surface area (Å²) in [6, 6.07) is 13.0. The van der Waals surface area contributed by atoms with Crippen LogP contribution in [0.5, 0.6) is 5.75 Å². The van der Waals surface area contributed by atoms with E-state index in [9.17, 15) is 32.0 Å². The number of fused-ring (bicyclic) bond motifs is 5. The van der Waals surface area contributed by atoms with Crippen molar-refractivity contribution < 1.29 is 45.9 Å². The lowest BCUT2D eigenvalue weighted by molar-refractivity contribution is -0.141. The van der Waals surface area contributed by atoms with Crippen LogP contribution in [-0.4, -0.2) is 83.7 Å². The van der Waals surface area contributed by atoms with Crippen LogP contribution in [0.25, 0.3) is 33.3 Å². The minimum atomic E-state index is -3.93. The summed E-state index contributed by atoms with van der Waals surface area (Å²) in [5.41, 5.74) is 0.763. The van der Waals surface area contributed by atoms with Crippen LogP contribution < -0.4 is 20.1 Å². The number of nitrogens with one attached hydrogen (secondary N) is 3. The number of ether oxygens (including phenoxy) is 2. The number of rotatable bonds is 8. The first-order valence-corrected chi connectivity index (χ1v) is 22.6. The third kappa shape index (κ3) is 8.17. The van der Waals surface area contributed by atoms with Gasteiger partial charge in [-0.25, -0.2) is 22.6 Å². The number of benzene rings is 2. The number of amides is 4. The molecule has 0 spiro atoms. The average molecular weight is 842 g/mol. The number of nitrogens with zero attached hydrogens (tertiary/aromatic N) is 2. The lowest BCUT2D eigenvalue weighted by Crippen LogP contribution is -2.58. The zero-order chi connectivity index (χ0) is 41.6. The normalized spacial score (nSPS) is 27.0. The number of alkyl carbamates (subject to hydrolysis) is 1. The summed E-state index contributed by atoms with van der Waals surface area (Å²) in [5, 5.41) is 5.49. The van der Waals surface area contributed by atoms with Gasteiger partial charge in [-0.2, -0.15) is 0 Å². The molecule has 2 aromatic carbocycles. The van der Waals surface area contributed by atoms with Crippen LogP contribution in [0.3, 0.4) is 0 Å². The molecule has 2 aromatic heterocycles. The highest BCUT2D eigenvalue weighted by Crippen LogP contribution is 2.46. The molecule has 1 saturated heterocycles. The fourth-order valence-corrected chi connectivity index (χ4v) is 10.2. The van der Waals surface area contributed by atoms with E-state index in [1.807, 2.05) is 42.5 Å². The van der Waals surface area contributed by atoms with Crippen LogP contribution in [-0.2, 0) is 29.1 Å². The number of halogens is 1. The minimum Gasteiger partial charge on any atom is -0.484 e. The molecule has 3 aliphatic carbocycles. The fraction of sp³-hybridized carbons (Fsp3) is 0.477. The maximum Gasteiger partial charge on any atom is 0.408 e. The molecule has 14 nitrogen and oxygen atoms in total. The summed E-state index contributed by atoms with van der Waals surface area (Å²) in [5.74, 6) is -2.64. The zero-order valence-electron chi connectivity index (χ0n) is 33.1. The number of carbonyl (C=O) groups excluding carboxylic acids is 4. The van der Waals surface area contributed by atoms with Crippen molar-refractivity contribution in [2.75, 3.05) is 6.54 Å². The van der Waals surface area contributed by atoms with Crippen molar-refractivity contribution in [3.8, 4) is 17.0 Å². The third-order valence-corrected chi connectivity index (χ3v) is 14.2. The summed E-state index contributed by atoms with van der Waals surface area (Å²) < 4.78 is 61.2. The predicted octanol–water partition coefficient (Wildman–Crippen LogP) is 6.18. The summed E-state index contributed by atoms with van der Waals surface area (Å²) in [7, 11) is -3.93. The molecule has 4 fully saturated rings. The van der Waals surface area contributed by atoms with Crippen LogP contribution in [0, 0.1) is 11.7 Å². The Labute approximate surface area is 346 Å². The third-order valence-electron chi connectivity index (χ3n) is 12.4. The fourth-order valence-electron chi connectivity index (χ4n) is 8.88. The monoisotopic (exact) mass is 841 g/mol. The van der Waals surface area contributed by atoms with Crippen molar-refractivity contribution >= 4 is 55.9 Å². The number of furan rings is 1. The second-order valence-corrected chi connectivity index (χ2v) is 18.8. The molecule has 4 heterocycles. The second kappa shape index (κ2) is 16.2. The molecule has 0 radical (unpaired) electrons. The Morgan fingerprint density at radius 3 is 2.52 bits per heavy atom. The van der Waals surface area contributed by atoms with Crippen molar-refractivity contribution in [3.05, 3.63) is 72.6 Å². The van der Waals surface area contributed by atoms with Gasteiger partial charge in [0.05, 0.1) is 17.5 Å². The largest absolute Gasteiger partial charge is 0.484 e. The topological polar surface area (TPSA) is 186 Å². The van der Waals surface area contributed by atoms with Crippen LogP contribution in [0.1, 0.15) is 83.5 Å². The van der Waals surface area contributed by atoms with E-state index in [0.717, 1.165) is 44.1 Å². The Balaban J connectivity index is 1.06. The van der Waals surface area contributed by atoms with Gasteiger partial charge in [-0.15, -0.1) is 0 Å². The summed E-state index contributed by atoms with van der Waals surface area (Å²) in [6.07, 6.45) is 9.66. The highest BCUT2D eigenvalue weighted by Gasteiger charge is 2.62. The molecule has 316 valence electrons. The maximum absolute atomic E-state index is 14.7. The maximum atomic E-state index is 14.7. The molecule has 3 saturated carbocycles. The first-order chi connectivity index (χ1) is 29.0. The van der Waals surface area contributed by atoms with E-state index >= 15 is 0 Å². The van der Waals surface area contributed by atoms with Crippen LogP contribution in [0.2, 0.25) is 0 Å². The van der Waals surface area contributed by atoms with Gasteiger partial charge in [0.1, 0.15) is 46.7 Å². The number of carbonyl (C=O) groups is 4. The second-order valence-electron chi connectivity index (χ2n) is 16.8. The van der Waals surface area contributed by atoms with E-state index in [4.69, 9.17) is 18.9 Å². The number of hydrogen-bond acceptors (Lipinski definition) is 10. The highest BCUT2D eigenvalue weighted by molar-refractivity contribution is 7.91. The number of aromatic nitrogens is 1. The molecule has 0 bridgehead atoms. The van der Waals surface area contributed by atoms with Gasteiger partial charge in [0.25, 0.3) is 5.91 Å². The first kappa shape index (κ1) is 39.9. The van der Waals surface area contributed by atoms with Crippen molar-refractivity contribution in [1.82, 2.24) is 25.2 Å². The zero-order valence-corrected chi connectivity index (χ0v) is 33.9. The van der Waals surface area contributed by atoms with E-state index in [1.165, 1.54) is 23.1 Å². The highest BCUT2D eigenvalue weighted by atomic mass is 32.2. The molecule has 16 heteroatoms. The molecule has 4 amide bonds. The SMILES string of the molecule is O=C(N[C@H]1CCCCC/C=C\[C@H]2C[C@@]2(C(=O)NS(=O)(=O)C2CC2)NC(=O)[C@@H]2C[C@@H](Oc3cc(-c4ccccc4)nc4c3oc3ccc(F)cc34)CN2C1=O)OC1CCCC1. The van der Waals surface area contributed by atoms with Crippen LogP contribution >= 0.6 is 0 Å². The van der Waals surface area contributed by atoms with E-state index in [2.05, 4.69) is 15.4 Å². The standard InChI is InChI=1S/C44H48FN5O9S/c45-28-17-20-36-32(21-28)38-39(59-36)37(23-34(46-38)26-11-5-4-6-12-26)57-30-22-35-40(51)48-44(42(53)49-60(55,56)31-18-19-31)24-27(44)13-7-2-1-3-8-16-33(41(52)50(35)25-30)47-43(54)58-29-14-9-10-15-29/h4-7,11-13,17,20-21,23,27,29-31,33,35H,1-3,8-10,14-16,18-19,22,24-25H2,(H,47,54)(H,48,51)(H,49,53)/b13-7-/t27-,30+,33-,35-,44+/m0/s1. The molecule has 5 atom stereocenters. The van der Waals surface area contributed by atoms with Crippen LogP contribution in [0.4, 0.5) is 9.18 Å². The Bertz CT molecular complexity index is 2470. The van der Waals surface area contributed by atoms with E-state index in [-0.39, 0.29) is 36.8 Å². The Morgan fingerprint density at radius 2 is 1.73 bits per heavy atom. The van der Waals surface area contributed by atoms with E-state index in [0.29, 0.717) is 54.3 Å². The van der Waals surface area contributed by atoms with E-state index < -0.39 is 74.5 Å². The van der Waals surface area contributed by atoms with Gasteiger partial charge in [0.15, 0.2) is 11.3 Å². The number of pyridine rings is 1. The number of sulfonamides is 1. The van der Waals surface area contributed by atoms with Gasteiger partial charge in [0.2, 0.25) is 21.8 Å². The van der Waals surface area contributed by atoms with Crippen LogP contribution in [0.15, 0.2) is 71.2 Å². The molecule has 3 N–H and O–H groups in total. The van der Waals surface area contributed by atoms with Gasteiger partial charge in [-0.3, -0.25) is 19.1 Å². The van der Waals surface area contributed by atoms with Gasteiger partial charge in [0, 0.05) is 29.4 Å².